The van der Waals surface area contributed by atoms with E-state index in [0.29, 0.717) is 0 Å². The van der Waals surface area contributed by atoms with Crippen molar-refractivity contribution in [1.29, 1.82) is 0 Å². The van der Waals surface area contributed by atoms with Gasteiger partial charge in [-0.25, -0.2) is 13.2 Å². The minimum atomic E-state index is -1.46. The van der Waals surface area contributed by atoms with E-state index in [1.54, 1.807) is 0 Å². The van der Waals surface area contributed by atoms with Crippen LogP contribution in [0.4, 0.5) is 18.9 Å². The van der Waals surface area contributed by atoms with E-state index in [2.05, 4.69) is 5.32 Å². The summed E-state index contributed by atoms with van der Waals surface area (Å²) in [5.41, 5.74) is 2.01. The van der Waals surface area contributed by atoms with Crippen LogP contribution in [0.2, 0.25) is 0 Å². The highest BCUT2D eigenvalue weighted by molar-refractivity contribution is 5.47. The third-order valence-corrected chi connectivity index (χ3v) is 2.98. The number of rotatable bonds is 3. The van der Waals surface area contributed by atoms with Gasteiger partial charge in [-0.1, -0.05) is 29.8 Å². The molecule has 0 heterocycles. The van der Waals surface area contributed by atoms with Crippen LogP contribution >= 0.6 is 0 Å². The van der Waals surface area contributed by atoms with Crippen LogP contribution in [0.25, 0.3) is 0 Å². The highest BCUT2D eigenvalue weighted by atomic mass is 19.2. The highest BCUT2D eigenvalue weighted by Crippen LogP contribution is 2.24. The molecule has 0 saturated carbocycles. The van der Waals surface area contributed by atoms with Gasteiger partial charge in [0.2, 0.25) is 0 Å². The number of anilines is 1. The van der Waals surface area contributed by atoms with Crippen LogP contribution in [0.15, 0.2) is 36.4 Å². The van der Waals surface area contributed by atoms with Crippen molar-refractivity contribution in [2.24, 2.45) is 0 Å². The number of hydrogen-bond acceptors (Lipinski definition) is 1. The molecule has 0 aromatic heterocycles. The van der Waals surface area contributed by atoms with Gasteiger partial charge in [-0.3, -0.25) is 0 Å². The van der Waals surface area contributed by atoms with Crippen molar-refractivity contribution in [3.05, 3.63) is 65.0 Å². The first-order valence-electron chi connectivity index (χ1n) is 5.95. The number of benzene rings is 2. The summed E-state index contributed by atoms with van der Waals surface area (Å²) >= 11 is 0. The second-order valence-corrected chi connectivity index (χ2v) is 4.50. The van der Waals surface area contributed by atoms with Crippen molar-refractivity contribution in [2.45, 2.75) is 19.9 Å². The first-order valence-corrected chi connectivity index (χ1v) is 5.95. The molecule has 0 bridgehead atoms. The lowest BCUT2D eigenvalue weighted by Gasteiger charge is -2.16. The molecule has 0 aliphatic rings. The lowest BCUT2D eigenvalue weighted by molar-refractivity contribution is 0.448. The minimum absolute atomic E-state index is 0.0491. The maximum atomic E-state index is 13.5. The summed E-state index contributed by atoms with van der Waals surface area (Å²) < 4.78 is 39.5. The average Bonchev–Trinajstić information content (AvgIpc) is 2.40. The zero-order chi connectivity index (χ0) is 14.0. The Morgan fingerprint density at radius 2 is 1.53 bits per heavy atom. The molecule has 0 aliphatic carbocycles. The molecule has 0 aliphatic heterocycles. The largest absolute Gasteiger partial charge is 0.376 e. The fourth-order valence-electron chi connectivity index (χ4n) is 1.81. The summed E-state index contributed by atoms with van der Waals surface area (Å²) in [6.07, 6.45) is 0. The normalized spacial score (nSPS) is 12.3. The third-order valence-electron chi connectivity index (χ3n) is 2.98. The molecular formula is C15H14F3N. The van der Waals surface area contributed by atoms with E-state index in [-0.39, 0.29) is 11.7 Å². The predicted octanol–water partition coefficient (Wildman–Crippen LogP) is 4.59. The van der Waals surface area contributed by atoms with E-state index in [1.165, 1.54) is 6.07 Å². The molecule has 19 heavy (non-hydrogen) atoms. The van der Waals surface area contributed by atoms with Gasteiger partial charge < -0.3 is 5.32 Å². The molecule has 0 saturated heterocycles. The lowest BCUT2D eigenvalue weighted by Crippen LogP contribution is -2.09. The molecule has 0 spiro atoms. The number of hydrogen-bond donors (Lipinski definition) is 1. The number of aryl methyl sites for hydroxylation is 1. The summed E-state index contributed by atoms with van der Waals surface area (Å²) in [4.78, 5) is 0. The minimum Gasteiger partial charge on any atom is -0.376 e. The van der Waals surface area contributed by atoms with Crippen LogP contribution in [0.3, 0.4) is 0 Å². The zero-order valence-corrected chi connectivity index (χ0v) is 10.7. The molecule has 2 aromatic rings. The van der Waals surface area contributed by atoms with Crippen molar-refractivity contribution < 1.29 is 13.2 Å². The monoisotopic (exact) mass is 265 g/mol. The molecule has 2 rings (SSSR count). The predicted molar refractivity (Wildman–Crippen MR) is 69.5 cm³/mol. The van der Waals surface area contributed by atoms with Gasteiger partial charge in [0, 0.05) is 6.04 Å². The van der Waals surface area contributed by atoms with Crippen LogP contribution in [0.5, 0.6) is 0 Å². The SMILES string of the molecule is Cc1ccc(C(C)Nc2ccc(F)c(F)c2F)cc1. The van der Waals surface area contributed by atoms with Gasteiger partial charge in [0.25, 0.3) is 0 Å². The summed E-state index contributed by atoms with van der Waals surface area (Å²) in [6, 6.07) is 9.58. The molecule has 100 valence electrons. The summed E-state index contributed by atoms with van der Waals surface area (Å²) in [7, 11) is 0. The van der Waals surface area contributed by atoms with Crippen molar-refractivity contribution in [2.75, 3.05) is 5.32 Å². The van der Waals surface area contributed by atoms with Crippen LogP contribution in [0, 0.1) is 24.4 Å². The molecule has 0 fully saturated rings. The van der Waals surface area contributed by atoms with E-state index in [9.17, 15) is 13.2 Å². The van der Waals surface area contributed by atoms with Crippen molar-refractivity contribution in [3.8, 4) is 0 Å². The quantitative estimate of drug-likeness (QED) is 0.801. The lowest BCUT2D eigenvalue weighted by atomic mass is 10.1. The van der Waals surface area contributed by atoms with Crippen LogP contribution in [0.1, 0.15) is 24.1 Å². The molecule has 1 N–H and O–H groups in total. The van der Waals surface area contributed by atoms with E-state index in [0.717, 1.165) is 17.2 Å². The van der Waals surface area contributed by atoms with Gasteiger partial charge in [0.1, 0.15) is 0 Å². The first-order chi connectivity index (χ1) is 8.99. The molecular weight excluding hydrogens is 251 g/mol. The van der Waals surface area contributed by atoms with Crippen LogP contribution in [-0.4, -0.2) is 0 Å². The van der Waals surface area contributed by atoms with Gasteiger partial charge in [-0.15, -0.1) is 0 Å². The topological polar surface area (TPSA) is 12.0 Å². The van der Waals surface area contributed by atoms with E-state index < -0.39 is 17.5 Å². The first kappa shape index (κ1) is 13.5. The Balaban J connectivity index is 2.21. The Kier molecular flexibility index (Phi) is 3.79. The van der Waals surface area contributed by atoms with Gasteiger partial charge in [-0.2, -0.15) is 0 Å². The fraction of sp³-hybridized carbons (Fsp3) is 0.200. The Labute approximate surface area is 110 Å². The van der Waals surface area contributed by atoms with Crippen molar-refractivity contribution in [1.82, 2.24) is 0 Å². The maximum absolute atomic E-state index is 13.5. The Bertz CT molecular complexity index is 579. The maximum Gasteiger partial charge on any atom is 0.196 e. The summed E-state index contributed by atoms with van der Waals surface area (Å²) in [6.45, 7) is 3.79. The van der Waals surface area contributed by atoms with E-state index in [4.69, 9.17) is 0 Å². The van der Waals surface area contributed by atoms with Gasteiger partial charge >= 0.3 is 0 Å². The smallest absolute Gasteiger partial charge is 0.196 e. The highest BCUT2D eigenvalue weighted by Gasteiger charge is 2.15. The molecule has 1 atom stereocenters. The molecule has 0 amide bonds. The molecule has 4 heteroatoms. The van der Waals surface area contributed by atoms with Gasteiger partial charge in [0.05, 0.1) is 5.69 Å². The molecule has 1 nitrogen and oxygen atoms in total. The second kappa shape index (κ2) is 5.34. The number of halogens is 3. The van der Waals surface area contributed by atoms with E-state index in [1.807, 2.05) is 38.1 Å². The summed E-state index contributed by atoms with van der Waals surface area (Å²) in [5, 5.41) is 2.83. The average molecular weight is 265 g/mol. The molecule has 0 radical (unpaired) electrons. The Morgan fingerprint density at radius 1 is 0.895 bits per heavy atom. The third kappa shape index (κ3) is 2.89. The van der Waals surface area contributed by atoms with Crippen molar-refractivity contribution in [3.63, 3.8) is 0 Å². The Hall–Kier alpha value is -1.97. The second-order valence-electron chi connectivity index (χ2n) is 4.50. The van der Waals surface area contributed by atoms with Crippen LogP contribution in [-0.2, 0) is 0 Å². The zero-order valence-electron chi connectivity index (χ0n) is 10.7. The molecule has 1 unspecified atom stereocenters. The standard InChI is InChI=1S/C15H14F3N/c1-9-3-5-11(6-4-9)10(2)19-13-8-7-12(16)14(17)15(13)18/h3-8,10,19H,1-2H3. The van der Waals surface area contributed by atoms with Gasteiger partial charge in [-0.05, 0) is 31.5 Å². The van der Waals surface area contributed by atoms with Crippen molar-refractivity contribution >= 4 is 5.69 Å². The van der Waals surface area contributed by atoms with Crippen LogP contribution < -0.4 is 5.32 Å². The molecule has 2 aromatic carbocycles. The fourth-order valence-corrected chi connectivity index (χ4v) is 1.81. The number of nitrogens with one attached hydrogen (secondary N) is 1. The van der Waals surface area contributed by atoms with E-state index >= 15 is 0 Å². The summed E-state index contributed by atoms with van der Waals surface area (Å²) in [5.74, 6) is -3.84. The van der Waals surface area contributed by atoms with Gasteiger partial charge in [0.15, 0.2) is 17.5 Å². The Morgan fingerprint density at radius 3 is 2.16 bits per heavy atom.